The summed E-state index contributed by atoms with van der Waals surface area (Å²) in [7, 11) is 0. The van der Waals surface area contributed by atoms with Gasteiger partial charge in [-0.1, -0.05) is 19.3 Å². The molecule has 0 bridgehead atoms. The number of carbonyl (C=O) groups is 4. The van der Waals surface area contributed by atoms with E-state index in [1.54, 1.807) is 0 Å². The Balaban J connectivity index is 1.44. The Kier molecular flexibility index (Phi) is 4.94. The first-order chi connectivity index (χ1) is 14.9. The lowest BCUT2D eigenvalue weighted by Crippen LogP contribution is -2.46. The fourth-order valence-electron chi connectivity index (χ4n) is 6.18. The van der Waals surface area contributed by atoms with Gasteiger partial charge in [-0.3, -0.25) is 24.5 Å². The van der Waals surface area contributed by atoms with Gasteiger partial charge in [0.05, 0.1) is 17.5 Å². The summed E-state index contributed by atoms with van der Waals surface area (Å²) in [6.45, 7) is 1.51. The van der Waals surface area contributed by atoms with E-state index < -0.39 is 41.0 Å². The molecule has 2 heterocycles. The largest absolute Gasteiger partial charge is 0.369 e. The summed E-state index contributed by atoms with van der Waals surface area (Å²) in [5.74, 6) is -4.46. The summed E-state index contributed by atoms with van der Waals surface area (Å²) >= 11 is 0. The predicted octanol–water partition coefficient (Wildman–Crippen LogP) is 3.42. The maximum absolute atomic E-state index is 15.2. The van der Waals surface area contributed by atoms with Crippen LogP contribution in [0.3, 0.4) is 0 Å². The standard InChI is InChI=1S/C24H27FN2O4/c25-17-11-15-16(22(30)20(21(15)29)14-5-6-19(28)26-23(14)31)12-18(17)27-10-4-9-24(13-27)7-2-1-3-8-24/h11-12,14,20H,1-10,13H2,(H,26,28,31). The van der Waals surface area contributed by atoms with Crippen molar-refractivity contribution in [1.82, 2.24) is 5.32 Å². The van der Waals surface area contributed by atoms with Crippen molar-refractivity contribution in [2.24, 2.45) is 17.3 Å². The quantitative estimate of drug-likeness (QED) is 0.579. The van der Waals surface area contributed by atoms with Gasteiger partial charge in [0.2, 0.25) is 11.8 Å². The fraction of sp³-hybridized carbons (Fsp3) is 0.583. The number of halogens is 1. The minimum atomic E-state index is -1.16. The molecule has 1 aromatic rings. The van der Waals surface area contributed by atoms with Gasteiger partial charge in [0.15, 0.2) is 11.6 Å². The van der Waals surface area contributed by atoms with Crippen LogP contribution in [0.1, 0.15) is 78.5 Å². The highest BCUT2D eigenvalue weighted by Gasteiger charge is 2.48. The first kappa shape index (κ1) is 20.3. The average Bonchev–Trinajstić information content (AvgIpc) is 2.98. The molecule has 0 aromatic heterocycles. The highest BCUT2D eigenvalue weighted by Crippen LogP contribution is 2.45. The number of ketones is 2. The van der Waals surface area contributed by atoms with Crippen LogP contribution in [-0.4, -0.2) is 36.5 Å². The number of anilines is 1. The molecule has 2 saturated heterocycles. The molecule has 4 aliphatic rings. The summed E-state index contributed by atoms with van der Waals surface area (Å²) < 4.78 is 15.2. The lowest BCUT2D eigenvalue weighted by molar-refractivity contribution is -0.137. The van der Waals surface area contributed by atoms with E-state index in [4.69, 9.17) is 0 Å². The Morgan fingerprint density at radius 2 is 1.61 bits per heavy atom. The van der Waals surface area contributed by atoms with Crippen LogP contribution in [0.2, 0.25) is 0 Å². The molecular formula is C24H27FN2O4. The Labute approximate surface area is 180 Å². The van der Waals surface area contributed by atoms with Crippen LogP contribution >= 0.6 is 0 Å². The summed E-state index contributed by atoms with van der Waals surface area (Å²) in [5.41, 5.74) is 0.870. The number of amides is 2. The van der Waals surface area contributed by atoms with E-state index in [-0.39, 0.29) is 29.4 Å². The van der Waals surface area contributed by atoms with Gasteiger partial charge in [-0.15, -0.1) is 0 Å². The highest BCUT2D eigenvalue weighted by molar-refractivity contribution is 6.28. The minimum Gasteiger partial charge on any atom is -0.369 e. The normalized spacial score (nSPS) is 28.1. The van der Waals surface area contributed by atoms with E-state index in [0.717, 1.165) is 38.8 Å². The van der Waals surface area contributed by atoms with Crippen LogP contribution < -0.4 is 10.2 Å². The van der Waals surface area contributed by atoms with Crippen LogP contribution in [0.4, 0.5) is 10.1 Å². The second kappa shape index (κ2) is 7.53. The molecule has 1 N–H and O–H groups in total. The van der Waals surface area contributed by atoms with E-state index in [0.29, 0.717) is 5.69 Å². The lowest BCUT2D eigenvalue weighted by atomic mass is 9.69. The molecule has 2 aliphatic heterocycles. The smallest absolute Gasteiger partial charge is 0.230 e. The zero-order chi connectivity index (χ0) is 21.8. The molecule has 2 aliphatic carbocycles. The topological polar surface area (TPSA) is 83.6 Å². The fourth-order valence-corrected chi connectivity index (χ4v) is 6.18. The van der Waals surface area contributed by atoms with Crippen molar-refractivity contribution in [2.45, 2.75) is 57.8 Å². The third-order valence-corrected chi connectivity index (χ3v) is 7.78. The Hall–Kier alpha value is -2.57. The molecule has 2 amide bonds. The van der Waals surface area contributed by atoms with Crippen LogP contribution in [-0.2, 0) is 9.59 Å². The van der Waals surface area contributed by atoms with Crippen molar-refractivity contribution in [3.63, 3.8) is 0 Å². The van der Waals surface area contributed by atoms with E-state index in [9.17, 15) is 19.2 Å². The molecule has 1 aromatic carbocycles. The molecule has 3 fully saturated rings. The first-order valence-electron chi connectivity index (χ1n) is 11.4. The lowest BCUT2D eigenvalue weighted by Gasteiger charge is -2.46. The van der Waals surface area contributed by atoms with E-state index in [2.05, 4.69) is 5.32 Å². The molecule has 0 radical (unpaired) electrons. The van der Waals surface area contributed by atoms with Crippen LogP contribution in [0, 0.1) is 23.1 Å². The third-order valence-electron chi connectivity index (χ3n) is 7.78. The Bertz CT molecular complexity index is 977. The molecule has 2 unspecified atom stereocenters. The average molecular weight is 426 g/mol. The van der Waals surface area contributed by atoms with Crippen LogP contribution in [0.5, 0.6) is 0 Å². The van der Waals surface area contributed by atoms with Crippen molar-refractivity contribution in [2.75, 3.05) is 18.0 Å². The maximum atomic E-state index is 15.2. The van der Waals surface area contributed by atoms with Gasteiger partial charge in [0.1, 0.15) is 5.82 Å². The third kappa shape index (κ3) is 3.38. The van der Waals surface area contributed by atoms with Crippen molar-refractivity contribution < 1.29 is 23.6 Å². The summed E-state index contributed by atoms with van der Waals surface area (Å²) in [5, 5.41) is 2.22. The monoisotopic (exact) mass is 426 g/mol. The number of imide groups is 1. The van der Waals surface area contributed by atoms with E-state index in [1.165, 1.54) is 31.4 Å². The molecule has 1 spiro atoms. The van der Waals surface area contributed by atoms with Gasteiger partial charge in [0.25, 0.3) is 0 Å². The van der Waals surface area contributed by atoms with Crippen molar-refractivity contribution in [1.29, 1.82) is 0 Å². The molecule has 164 valence electrons. The molecule has 7 heteroatoms. The van der Waals surface area contributed by atoms with Crippen LogP contribution in [0.25, 0.3) is 0 Å². The van der Waals surface area contributed by atoms with Crippen LogP contribution in [0.15, 0.2) is 12.1 Å². The molecule has 1 saturated carbocycles. The molecule has 5 rings (SSSR count). The van der Waals surface area contributed by atoms with Crippen molar-refractivity contribution in [3.05, 3.63) is 29.1 Å². The van der Waals surface area contributed by atoms with Gasteiger partial charge >= 0.3 is 0 Å². The number of piperidine rings is 2. The number of hydrogen-bond donors (Lipinski definition) is 1. The van der Waals surface area contributed by atoms with Gasteiger partial charge < -0.3 is 4.90 Å². The predicted molar refractivity (Wildman–Crippen MR) is 111 cm³/mol. The minimum absolute atomic E-state index is 0.0605. The number of hydrogen-bond acceptors (Lipinski definition) is 5. The van der Waals surface area contributed by atoms with Crippen molar-refractivity contribution in [3.8, 4) is 0 Å². The highest BCUT2D eigenvalue weighted by atomic mass is 19.1. The molecule has 31 heavy (non-hydrogen) atoms. The number of benzene rings is 1. The zero-order valence-electron chi connectivity index (χ0n) is 17.5. The number of Topliss-reactive ketones (excluding diaryl/α,β-unsaturated/α-hetero) is 2. The van der Waals surface area contributed by atoms with E-state index >= 15 is 4.39 Å². The van der Waals surface area contributed by atoms with Gasteiger partial charge in [-0.25, -0.2) is 4.39 Å². The molecular weight excluding hydrogens is 399 g/mol. The van der Waals surface area contributed by atoms with Gasteiger partial charge in [0, 0.05) is 30.6 Å². The second-order valence-corrected chi connectivity index (χ2v) is 9.70. The number of fused-ring (bicyclic) bond motifs is 1. The Morgan fingerprint density at radius 3 is 2.32 bits per heavy atom. The van der Waals surface area contributed by atoms with Gasteiger partial charge in [-0.05, 0) is 49.7 Å². The van der Waals surface area contributed by atoms with Gasteiger partial charge in [-0.2, -0.15) is 0 Å². The number of rotatable bonds is 2. The Morgan fingerprint density at radius 1 is 0.935 bits per heavy atom. The number of nitrogens with one attached hydrogen (secondary N) is 1. The maximum Gasteiger partial charge on any atom is 0.230 e. The van der Waals surface area contributed by atoms with E-state index in [1.807, 2.05) is 4.90 Å². The SMILES string of the molecule is O=C1CCC(C2C(=O)c3cc(F)c(N4CCCC5(CCCCC5)C4)cc3C2=O)C(=O)N1. The summed E-state index contributed by atoms with van der Waals surface area (Å²) in [6, 6.07) is 2.71. The zero-order valence-corrected chi connectivity index (χ0v) is 17.5. The summed E-state index contributed by atoms with van der Waals surface area (Å²) in [6.07, 6.45) is 8.39. The molecule has 6 nitrogen and oxygen atoms in total. The number of nitrogens with zero attached hydrogens (tertiary/aromatic N) is 1. The summed E-state index contributed by atoms with van der Waals surface area (Å²) in [4.78, 5) is 51.9. The van der Waals surface area contributed by atoms with Crippen molar-refractivity contribution >= 4 is 29.1 Å². The second-order valence-electron chi connectivity index (χ2n) is 9.70. The number of carbonyl (C=O) groups excluding carboxylic acids is 4. The first-order valence-corrected chi connectivity index (χ1v) is 11.4. The molecule has 2 atom stereocenters.